The molecule has 0 N–H and O–H groups in total. The number of fused-ring (bicyclic) bond motifs is 1. The summed E-state index contributed by atoms with van der Waals surface area (Å²) >= 11 is 0. The molecule has 134 valence electrons. The number of hydrogen-bond donors (Lipinski definition) is 0. The summed E-state index contributed by atoms with van der Waals surface area (Å²) in [6, 6.07) is 7.06. The first kappa shape index (κ1) is 17.8. The molecule has 3 rings (SSSR count). The van der Waals surface area contributed by atoms with Crippen molar-refractivity contribution in [1.29, 1.82) is 0 Å². The van der Waals surface area contributed by atoms with Gasteiger partial charge in [-0.05, 0) is 19.1 Å². The fraction of sp³-hybridized carbons (Fsp3) is 0.111. The standard InChI is InChI=1S/C18H10F5NO2/c1-2-26-18(25)9-7-11(24-10-6-4-3-5-8(9)10)12-13(19)15(21)17(23)16(22)14(12)20/h3-7H,2H2,1H3. The van der Waals surface area contributed by atoms with Gasteiger partial charge in [-0.15, -0.1) is 0 Å². The quantitative estimate of drug-likeness (QED) is 0.290. The Balaban J connectivity index is 2.36. The normalized spacial score (nSPS) is 11.0. The molecule has 0 aliphatic heterocycles. The summed E-state index contributed by atoms with van der Waals surface area (Å²) in [4.78, 5) is 16.1. The third kappa shape index (κ3) is 2.77. The van der Waals surface area contributed by atoms with Crippen molar-refractivity contribution in [1.82, 2.24) is 4.98 Å². The minimum absolute atomic E-state index is 0.0351. The van der Waals surface area contributed by atoms with E-state index in [9.17, 15) is 26.7 Å². The number of rotatable bonds is 3. The number of carbonyl (C=O) groups excluding carboxylic acids is 1. The van der Waals surface area contributed by atoms with Crippen LogP contribution in [0.1, 0.15) is 17.3 Å². The van der Waals surface area contributed by atoms with Gasteiger partial charge >= 0.3 is 5.97 Å². The molecule has 0 saturated carbocycles. The van der Waals surface area contributed by atoms with Crippen molar-refractivity contribution >= 4 is 16.9 Å². The van der Waals surface area contributed by atoms with E-state index < -0.39 is 46.3 Å². The fourth-order valence-corrected chi connectivity index (χ4v) is 2.51. The van der Waals surface area contributed by atoms with Crippen molar-refractivity contribution < 1.29 is 31.5 Å². The zero-order chi connectivity index (χ0) is 19.0. The molecule has 8 heteroatoms. The highest BCUT2D eigenvalue weighted by atomic mass is 19.2. The Kier molecular flexibility index (Phi) is 4.58. The van der Waals surface area contributed by atoms with Crippen molar-refractivity contribution in [2.45, 2.75) is 6.92 Å². The molecule has 0 fully saturated rings. The van der Waals surface area contributed by atoms with Gasteiger partial charge in [0.2, 0.25) is 5.82 Å². The second-order valence-corrected chi connectivity index (χ2v) is 5.24. The largest absolute Gasteiger partial charge is 0.462 e. The maximum Gasteiger partial charge on any atom is 0.338 e. The van der Waals surface area contributed by atoms with E-state index >= 15 is 0 Å². The van der Waals surface area contributed by atoms with E-state index in [1.165, 1.54) is 12.1 Å². The molecule has 0 amide bonds. The van der Waals surface area contributed by atoms with Crippen LogP contribution in [0.4, 0.5) is 22.0 Å². The zero-order valence-corrected chi connectivity index (χ0v) is 13.2. The molecule has 3 nitrogen and oxygen atoms in total. The van der Waals surface area contributed by atoms with Crippen LogP contribution < -0.4 is 0 Å². The smallest absolute Gasteiger partial charge is 0.338 e. The lowest BCUT2D eigenvalue weighted by Crippen LogP contribution is -2.09. The van der Waals surface area contributed by atoms with E-state index in [-0.39, 0.29) is 17.7 Å². The number of halogens is 5. The monoisotopic (exact) mass is 367 g/mol. The molecule has 0 unspecified atom stereocenters. The van der Waals surface area contributed by atoms with Gasteiger partial charge in [0.05, 0.1) is 28.9 Å². The van der Waals surface area contributed by atoms with Crippen LogP contribution in [0, 0.1) is 29.1 Å². The summed E-state index contributed by atoms with van der Waals surface area (Å²) in [5.41, 5.74) is -1.74. The molecule has 0 spiro atoms. The lowest BCUT2D eigenvalue weighted by molar-refractivity contribution is 0.0528. The fourth-order valence-electron chi connectivity index (χ4n) is 2.51. The van der Waals surface area contributed by atoms with Crippen molar-refractivity contribution in [3.63, 3.8) is 0 Å². The summed E-state index contributed by atoms with van der Waals surface area (Å²) in [6.45, 7) is 1.60. The van der Waals surface area contributed by atoms with Crippen LogP contribution in [0.2, 0.25) is 0 Å². The van der Waals surface area contributed by atoms with Crippen molar-refractivity contribution in [2.24, 2.45) is 0 Å². The van der Waals surface area contributed by atoms with Gasteiger partial charge in [0, 0.05) is 5.39 Å². The molecule has 0 aliphatic carbocycles. The summed E-state index contributed by atoms with van der Waals surface area (Å²) < 4.78 is 73.3. The van der Waals surface area contributed by atoms with Gasteiger partial charge in [0.25, 0.3) is 0 Å². The number of nitrogens with zero attached hydrogens (tertiary/aromatic N) is 1. The minimum atomic E-state index is -2.27. The maximum atomic E-state index is 14.1. The van der Waals surface area contributed by atoms with E-state index in [1.54, 1.807) is 19.1 Å². The number of pyridine rings is 1. The zero-order valence-electron chi connectivity index (χ0n) is 13.2. The van der Waals surface area contributed by atoms with E-state index in [0.717, 1.165) is 6.07 Å². The highest BCUT2D eigenvalue weighted by Gasteiger charge is 2.28. The molecule has 1 heterocycles. The van der Waals surface area contributed by atoms with Gasteiger partial charge in [-0.2, -0.15) is 0 Å². The second-order valence-electron chi connectivity index (χ2n) is 5.24. The Morgan fingerprint density at radius 2 is 1.54 bits per heavy atom. The third-order valence-corrected chi connectivity index (χ3v) is 3.68. The van der Waals surface area contributed by atoms with Gasteiger partial charge in [-0.25, -0.2) is 31.7 Å². The van der Waals surface area contributed by atoms with Crippen LogP contribution in [0.25, 0.3) is 22.2 Å². The van der Waals surface area contributed by atoms with Crippen LogP contribution in [0.5, 0.6) is 0 Å². The van der Waals surface area contributed by atoms with Crippen LogP contribution in [0.3, 0.4) is 0 Å². The summed E-state index contributed by atoms with van der Waals surface area (Å²) in [5.74, 6) is -11.3. The van der Waals surface area contributed by atoms with Crippen LogP contribution >= 0.6 is 0 Å². The molecule has 2 aromatic carbocycles. The van der Waals surface area contributed by atoms with Crippen molar-refractivity contribution in [2.75, 3.05) is 6.61 Å². The Bertz CT molecular complexity index is 1010. The topological polar surface area (TPSA) is 39.2 Å². The van der Waals surface area contributed by atoms with Gasteiger partial charge in [-0.3, -0.25) is 0 Å². The molecule has 1 aromatic heterocycles. The third-order valence-electron chi connectivity index (χ3n) is 3.68. The molecule has 0 bridgehead atoms. The highest BCUT2D eigenvalue weighted by Crippen LogP contribution is 2.32. The molecule has 0 aliphatic rings. The lowest BCUT2D eigenvalue weighted by Gasteiger charge is -2.11. The maximum absolute atomic E-state index is 14.1. The van der Waals surface area contributed by atoms with Crippen LogP contribution in [0.15, 0.2) is 30.3 Å². The SMILES string of the molecule is CCOC(=O)c1cc(-c2c(F)c(F)c(F)c(F)c2F)nc2ccccc12. The number of hydrogen-bond acceptors (Lipinski definition) is 3. The van der Waals surface area contributed by atoms with Crippen molar-refractivity contribution in [3.8, 4) is 11.3 Å². The van der Waals surface area contributed by atoms with E-state index in [2.05, 4.69) is 4.98 Å². The molecule has 0 saturated heterocycles. The number of aromatic nitrogens is 1. The summed E-state index contributed by atoms with van der Waals surface area (Å²) in [7, 11) is 0. The first-order valence-corrected chi connectivity index (χ1v) is 7.45. The second kappa shape index (κ2) is 6.70. The van der Waals surface area contributed by atoms with Crippen LogP contribution in [-0.2, 0) is 4.74 Å². The summed E-state index contributed by atoms with van der Waals surface area (Å²) in [6.07, 6.45) is 0. The number of para-hydroxylation sites is 1. The van der Waals surface area contributed by atoms with Gasteiger partial charge in [-0.1, -0.05) is 18.2 Å². The Morgan fingerprint density at radius 1 is 0.962 bits per heavy atom. The van der Waals surface area contributed by atoms with Gasteiger partial charge in [0.15, 0.2) is 23.3 Å². The van der Waals surface area contributed by atoms with E-state index in [1.807, 2.05) is 0 Å². The van der Waals surface area contributed by atoms with Crippen LogP contribution in [-0.4, -0.2) is 17.6 Å². The molecule has 0 atom stereocenters. The minimum Gasteiger partial charge on any atom is -0.462 e. The van der Waals surface area contributed by atoms with Gasteiger partial charge < -0.3 is 4.74 Å². The van der Waals surface area contributed by atoms with Gasteiger partial charge in [0.1, 0.15) is 0 Å². The Hall–Kier alpha value is -3.03. The Labute approximate surface area is 144 Å². The molecule has 26 heavy (non-hydrogen) atoms. The molecule has 0 radical (unpaired) electrons. The lowest BCUT2D eigenvalue weighted by atomic mass is 10.0. The average Bonchev–Trinajstić information content (AvgIpc) is 2.64. The highest BCUT2D eigenvalue weighted by molar-refractivity contribution is 6.04. The molecular formula is C18H10F5NO2. The first-order chi connectivity index (χ1) is 12.4. The van der Waals surface area contributed by atoms with E-state index in [4.69, 9.17) is 4.74 Å². The number of esters is 1. The van der Waals surface area contributed by atoms with E-state index in [0.29, 0.717) is 5.39 Å². The molecular weight excluding hydrogens is 357 g/mol. The predicted octanol–water partition coefficient (Wildman–Crippen LogP) is 4.77. The first-order valence-electron chi connectivity index (χ1n) is 7.45. The predicted molar refractivity (Wildman–Crippen MR) is 82.9 cm³/mol. The number of benzene rings is 2. The summed E-state index contributed by atoms with van der Waals surface area (Å²) in [5, 5.41) is 0.318. The number of carbonyl (C=O) groups is 1. The Morgan fingerprint density at radius 3 is 2.15 bits per heavy atom. The number of ether oxygens (including phenoxy) is 1. The average molecular weight is 367 g/mol. The van der Waals surface area contributed by atoms with Crippen molar-refractivity contribution in [3.05, 3.63) is 65.0 Å². The molecule has 3 aromatic rings.